The number of aryl methyl sites for hydroxylation is 1. The van der Waals surface area contributed by atoms with Gasteiger partial charge in [0.1, 0.15) is 5.82 Å². The van der Waals surface area contributed by atoms with Crippen molar-refractivity contribution in [3.05, 3.63) is 23.4 Å². The maximum absolute atomic E-state index is 5.65. The summed E-state index contributed by atoms with van der Waals surface area (Å²) in [5.74, 6) is 2.11. The molecule has 92 valence electrons. The molecule has 0 atom stereocenters. The van der Waals surface area contributed by atoms with Gasteiger partial charge in [-0.15, -0.1) is 0 Å². The van der Waals surface area contributed by atoms with Gasteiger partial charge >= 0.3 is 0 Å². The van der Waals surface area contributed by atoms with Crippen LogP contribution in [0.15, 0.2) is 12.3 Å². The summed E-state index contributed by atoms with van der Waals surface area (Å²) in [4.78, 5) is 7.17. The highest BCUT2D eigenvalue weighted by Crippen LogP contribution is 2.37. The standard InChI is InChI=1S/C14H21N3/c1-10-6-12(7-15)8-16-14(10)17(13-4-5-13)9-11-2-3-11/h6,8,11,13H,2-5,7,9,15H2,1H3. The van der Waals surface area contributed by atoms with Crippen molar-refractivity contribution in [2.45, 2.75) is 45.2 Å². The van der Waals surface area contributed by atoms with Crippen LogP contribution in [-0.4, -0.2) is 17.6 Å². The number of nitrogens with two attached hydrogens (primary N) is 1. The molecule has 1 heterocycles. The molecule has 0 amide bonds. The Labute approximate surface area is 103 Å². The maximum atomic E-state index is 5.65. The fraction of sp³-hybridized carbons (Fsp3) is 0.643. The monoisotopic (exact) mass is 231 g/mol. The van der Waals surface area contributed by atoms with E-state index in [4.69, 9.17) is 5.73 Å². The van der Waals surface area contributed by atoms with Crippen LogP contribution in [-0.2, 0) is 6.54 Å². The van der Waals surface area contributed by atoms with Crippen LogP contribution in [0, 0.1) is 12.8 Å². The average Bonchev–Trinajstić information content (AvgIpc) is 3.18. The second-order valence-electron chi connectivity index (χ2n) is 5.52. The molecule has 1 aromatic rings. The van der Waals surface area contributed by atoms with Crippen molar-refractivity contribution in [1.29, 1.82) is 0 Å². The molecule has 0 bridgehead atoms. The average molecular weight is 231 g/mol. The Morgan fingerprint density at radius 2 is 2.12 bits per heavy atom. The molecular weight excluding hydrogens is 210 g/mol. The van der Waals surface area contributed by atoms with Gasteiger partial charge in [0.15, 0.2) is 0 Å². The molecule has 3 nitrogen and oxygen atoms in total. The van der Waals surface area contributed by atoms with Gasteiger partial charge in [-0.3, -0.25) is 0 Å². The number of aromatic nitrogens is 1. The first-order valence-electron chi connectivity index (χ1n) is 6.70. The molecule has 0 aromatic carbocycles. The summed E-state index contributed by atoms with van der Waals surface area (Å²) in [7, 11) is 0. The lowest BCUT2D eigenvalue weighted by Crippen LogP contribution is -2.29. The van der Waals surface area contributed by atoms with E-state index in [2.05, 4.69) is 22.9 Å². The fourth-order valence-electron chi connectivity index (χ4n) is 2.41. The topological polar surface area (TPSA) is 42.1 Å². The molecule has 0 aliphatic heterocycles. The third-order valence-electron chi connectivity index (χ3n) is 3.75. The molecular formula is C14H21N3. The number of anilines is 1. The van der Waals surface area contributed by atoms with Crippen molar-refractivity contribution < 1.29 is 0 Å². The highest BCUT2D eigenvalue weighted by molar-refractivity contribution is 5.49. The molecule has 0 spiro atoms. The number of hydrogen-bond donors (Lipinski definition) is 1. The normalized spacial score (nSPS) is 19.4. The molecule has 3 rings (SSSR count). The van der Waals surface area contributed by atoms with Crippen LogP contribution in [0.1, 0.15) is 36.8 Å². The van der Waals surface area contributed by atoms with E-state index in [-0.39, 0.29) is 0 Å². The van der Waals surface area contributed by atoms with Gasteiger partial charge in [0.2, 0.25) is 0 Å². The van der Waals surface area contributed by atoms with Gasteiger partial charge in [-0.25, -0.2) is 4.98 Å². The Morgan fingerprint density at radius 1 is 1.35 bits per heavy atom. The molecule has 2 saturated carbocycles. The number of pyridine rings is 1. The minimum Gasteiger partial charge on any atom is -0.353 e. The minimum absolute atomic E-state index is 0.584. The third-order valence-corrected chi connectivity index (χ3v) is 3.75. The summed E-state index contributed by atoms with van der Waals surface area (Å²) in [6.07, 6.45) is 7.43. The second kappa shape index (κ2) is 4.30. The summed E-state index contributed by atoms with van der Waals surface area (Å²) in [6.45, 7) is 3.95. The zero-order valence-corrected chi connectivity index (χ0v) is 10.5. The zero-order valence-electron chi connectivity index (χ0n) is 10.5. The number of rotatable bonds is 5. The minimum atomic E-state index is 0.584. The Bertz CT molecular complexity index is 408. The highest BCUT2D eigenvalue weighted by Gasteiger charge is 2.34. The Morgan fingerprint density at radius 3 is 2.65 bits per heavy atom. The van der Waals surface area contributed by atoms with Crippen molar-refractivity contribution >= 4 is 5.82 Å². The van der Waals surface area contributed by atoms with E-state index in [1.807, 2.05) is 6.20 Å². The van der Waals surface area contributed by atoms with Crippen molar-refractivity contribution in [1.82, 2.24) is 4.98 Å². The van der Waals surface area contributed by atoms with E-state index in [9.17, 15) is 0 Å². The Balaban J connectivity index is 1.83. The van der Waals surface area contributed by atoms with E-state index in [1.165, 1.54) is 43.6 Å². The molecule has 2 N–H and O–H groups in total. The van der Waals surface area contributed by atoms with Gasteiger partial charge in [-0.1, -0.05) is 0 Å². The van der Waals surface area contributed by atoms with Crippen molar-refractivity contribution in [2.75, 3.05) is 11.4 Å². The van der Waals surface area contributed by atoms with Crippen LogP contribution in [0.4, 0.5) is 5.82 Å². The first-order chi connectivity index (χ1) is 8.28. The van der Waals surface area contributed by atoms with Gasteiger partial charge in [0, 0.05) is 25.3 Å². The zero-order chi connectivity index (χ0) is 11.8. The molecule has 2 fully saturated rings. The number of nitrogens with zero attached hydrogens (tertiary/aromatic N) is 2. The molecule has 0 saturated heterocycles. The summed E-state index contributed by atoms with van der Waals surface area (Å²) >= 11 is 0. The van der Waals surface area contributed by atoms with Crippen molar-refractivity contribution in [3.63, 3.8) is 0 Å². The highest BCUT2D eigenvalue weighted by atomic mass is 15.2. The van der Waals surface area contributed by atoms with Crippen LogP contribution in [0.3, 0.4) is 0 Å². The molecule has 17 heavy (non-hydrogen) atoms. The smallest absolute Gasteiger partial charge is 0.131 e. The fourth-order valence-corrected chi connectivity index (χ4v) is 2.41. The van der Waals surface area contributed by atoms with Gasteiger partial charge in [0.05, 0.1) is 0 Å². The van der Waals surface area contributed by atoms with Gasteiger partial charge < -0.3 is 10.6 Å². The summed E-state index contributed by atoms with van der Waals surface area (Å²) in [5.41, 5.74) is 8.07. The van der Waals surface area contributed by atoms with Crippen LogP contribution in [0.2, 0.25) is 0 Å². The largest absolute Gasteiger partial charge is 0.353 e. The summed E-state index contributed by atoms with van der Waals surface area (Å²) in [6, 6.07) is 2.94. The van der Waals surface area contributed by atoms with Crippen LogP contribution in [0.25, 0.3) is 0 Å². The second-order valence-corrected chi connectivity index (χ2v) is 5.52. The molecule has 0 radical (unpaired) electrons. The Hall–Kier alpha value is -1.09. The van der Waals surface area contributed by atoms with Crippen LogP contribution in [0.5, 0.6) is 0 Å². The quantitative estimate of drug-likeness (QED) is 0.845. The van der Waals surface area contributed by atoms with Crippen molar-refractivity contribution in [3.8, 4) is 0 Å². The maximum Gasteiger partial charge on any atom is 0.131 e. The van der Waals surface area contributed by atoms with E-state index in [0.717, 1.165) is 17.5 Å². The molecule has 2 aliphatic carbocycles. The van der Waals surface area contributed by atoms with E-state index >= 15 is 0 Å². The van der Waals surface area contributed by atoms with E-state index < -0.39 is 0 Å². The van der Waals surface area contributed by atoms with Gasteiger partial charge in [0.25, 0.3) is 0 Å². The lowest BCUT2D eigenvalue weighted by atomic mass is 10.2. The van der Waals surface area contributed by atoms with Crippen molar-refractivity contribution in [2.24, 2.45) is 11.7 Å². The Kier molecular flexibility index (Phi) is 2.79. The molecule has 1 aromatic heterocycles. The first kappa shape index (κ1) is 11.0. The van der Waals surface area contributed by atoms with Crippen LogP contribution >= 0.6 is 0 Å². The number of hydrogen-bond acceptors (Lipinski definition) is 3. The van der Waals surface area contributed by atoms with Crippen LogP contribution < -0.4 is 10.6 Å². The summed E-state index contributed by atoms with van der Waals surface area (Å²) in [5, 5.41) is 0. The molecule has 3 heteroatoms. The molecule has 2 aliphatic rings. The lowest BCUT2D eigenvalue weighted by Gasteiger charge is -2.25. The predicted octanol–water partition coefficient (Wildman–Crippen LogP) is 2.23. The van der Waals surface area contributed by atoms with E-state index in [1.54, 1.807) is 0 Å². The molecule has 0 unspecified atom stereocenters. The third kappa shape index (κ3) is 2.44. The SMILES string of the molecule is Cc1cc(CN)cnc1N(CC1CC1)C1CC1. The first-order valence-corrected chi connectivity index (χ1v) is 6.70. The summed E-state index contributed by atoms with van der Waals surface area (Å²) < 4.78 is 0. The predicted molar refractivity (Wildman–Crippen MR) is 70.0 cm³/mol. The lowest BCUT2D eigenvalue weighted by molar-refractivity contribution is 0.706. The van der Waals surface area contributed by atoms with E-state index in [0.29, 0.717) is 6.54 Å². The van der Waals surface area contributed by atoms with Gasteiger partial charge in [-0.2, -0.15) is 0 Å². The van der Waals surface area contributed by atoms with Gasteiger partial charge in [-0.05, 0) is 55.7 Å².